The van der Waals surface area contributed by atoms with Gasteiger partial charge in [0, 0.05) is 12.8 Å². The SMILES string of the molecule is CCC=CCCCCCCCC(=O)CC(=O)N[C@H]1CCOC1=O. The number of nitrogens with one attached hydrogen (secondary N) is 1. The van der Waals surface area contributed by atoms with Gasteiger partial charge in [-0.2, -0.15) is 0 Å². The quantitative estimate of drug-likeness (QED) is 0.259. The Morgan fingerprint density at radius 1 is 1.17 bits per heavy atom. The van der Waals surface area contributed by atoms with Crippen molar-refractivity contribution in [1.29, 1.82) is 0 Å². The maximum atomic E-state index is 11.7. The monoisotopic (exact) mass is 323 g/mol. The molecule has 0 aromatic rings. The molecule has 0 aliphatic carbocycles. The number of unbranched alkanes of at least 4 members (excludes halogenated alkanes) is 5. The van der Waals surface area contributed by atoms with Crippen molar-refractivity contribution in [3.8, 4) is 0 Å². The summed E-state index contributed by atoms with van der Waals surface area (Å²) in [6.07, 6.45) is 12.8. The summed E-state index contributed by atoms with van der Waals surface area (Å²) in [7, 11) is 0. The first-order valence-electron chi connectivity index (χ1n) is 8.76. The number of carbonyl (C=O) groups excluding carboxylic acids is 3. The molecule has 1 heterocycles. The third-order valence-electron chi connectivity index (χ3n) is 3.86. The molecular weight excluding hydrogens is 294 g/mol. The number of carbonyl (C=O) groups is 3. The zero-order valence-corrected chi connectivity index (χ0v) is 14.1. The Balaban J connectivity index is 1.98. The van der Waals surface area contributed by atoms with Crippen molar-refractivity contribution in [1.82, 2.24) is 5.32 Å². The van der Waals surface area contributed by atoms with Crippen LogP contribution in [0.1, 0.15) is 71.1 Å². The molecule has 0 saturated carbocycles. The number of amides is 1. The van der Waals surface area contributed by atoms with Crippen LogP contribution in [0.25, 0.3) is 0 Å². The van der Waals surface area contributed by atoms with Gasteiger partial charge in [-0.05, 0) is 25.7 Å². The first-order valence-corrected chi connectivity index (χ1v) is 8.76. The highest BCUT2D eigenvalue weighted by Gasteiger charge is 2.28. The zero-order valence-electron chi connectivity index (χ0n) is 14.1. The van der Waals surface area contributed by atoms with Crippen LogP contribution in [0.15, 0.2) is 12.2 Å². The van der Waals surface area contributed by atoms with Gasteiger partial charge < -0.3 is 10.1 Å². The van der Waals surface area contributed by atoms with Crippen LogP contribution < -0.4 is 5.32 Å². The second kappa shape index (κ2) is 11.9. The molecule has 23 heavy (non-hydrogen) atoms. The summed E-state index contributed by atoms with van der Waals surface area (Å²) in [6, 6.07) is -0.572. The molecule has 1 aliphatic rings. The van der Waals surface area contributed by atoms with Gasteiger partial charge >= 0.3 is 5.97 Å². The van der Waals surface area contributed by atoms with Crippen LogP contribution in [0.3, 0.4) is 0 Å². The molecule has 1 N–H and O–H groups in total. The summed E-state index contributed by atoms with van der Waals surface area (Å²) in [5.74, 6) is -0.833. The molecule has 0 radical (unpaired) electrons. The van der Waals surface area contributed by atoms with Crippen molar-refractivity contribution in [2.24, 2.45) is 0 Å². The number of rotatable bonds is 12. The number of ketones is 1. The molecule has 1 atom stereocenters. The molecule has 1 rings (SSSR count). The van der Waals surface area contributed by atoms with E-state index in [-0.39, 0.29) is 18.1 Å². The fraction of sp³-hybridized carbons (Fsp3) is 0.722. The minimum absolute atomic E-state index is 0.0558. The van der Waals surface area contributed by atoms with Crippen molar-refractivity contribution in [2.45, 2.75) is 77.2 Å². The number of Topliss-reactive ketones (excluding diaryl/α,β-unsaturated/α-hetero) is 1. The third kappa shape index (κ3) is 9.16. The highest BCUT2D eigenvalue weighted by Crippen LogP contribution is 2.09. The van der Waals surface area contributed by atoms with Gasteiger partial charge in [-0.15, -0.1) is 0 Å². The average molecular weight is 323 g/mol. The molecule has 0 unspecified atom stereocenters. The van der Waals surface area contributed by atoms with E-state index in [0.29, 0.717) is 19.4 Å². The van der Waals surface area contributed by atoms with Crippen molar-refractivity contribution >= 4 is 17.7 Å². The number of cyclic esters (lactones) is 1. The Labute approximate surface area is 138 Å². The summed E-state index contributed by atoms with van der Waals surface area (Å²) in [5.41, 5.74) is 0. The molecule has 1 aliphatic heterocycles. The lowest BCUT2D eigenvalue weighted by atomic mass is 10.1. The normalized spacial score (nSPS) is 17.4. The lowest BCUT2D eigenvalue weighted by Crippen LogP contribution is -2.38. The number of esters is 1. The lowest BCUT2D eigenvalue weighted by molar-refractivity contribution is -0.142. The molecule has 130 valence electrons. The van der Waals surface area contributed by atoms with Crippen molar-refractivity contribution in [3.05, 3.63) is 12.2 Å². The Morgan fingerprint density at radius 2 is 1.91 bits per heavy atom. The average Bonchev–Trinajstić information content (AvgIpc) is 2.90. The molecule has 0 spiro atoms. The topological polar surface area (TPSA) is 72.5 Å². The molecule has 0 bridgehead atoms. The van der Waals surface area contributed by atoms with E-state index in [1.807, 2.05) is 0 Å². The number of hydrogen-bond acceptors (Lipinski definition) is 4. The van der Waals surface area contributed by atoms with Crippen LogP contribution >= 0.6 is 0 Å². The summed E-state index contributed by atoms with van der Waals surface area (Å²) < 4.78 is 4.76. The van der Waals surface area contributed by atoms with E-state index in [9.17, 15) is 14.4 Å². The predicted molar refractivity (Wildman–Crippen MR) is 88.9 cm³/mol. The molecule has 5 heteroatoms. The van der Waals surface area contributed by atoms with Gasteiger partial charge in [0.2, 0.25) is 5.91 Å². The van der Waals surface area contributed by atoms with E-state index < -0.39 is 12.0 Å². The fourth-order valence-electron chi connectivity index (χ4n) is 2.54. The Bertz CT molecular complexity index is 417. The van der Waals surface area contributed by atoms with Gasteiger partial charge in [0.1, 0.15) is 11.8 Å². The molecular formula is C18H29NO4. The Kier molecular flexibility index (Phi) is 10.00. The van der Waals surface area contributed by atoms with E-state index in [2.05, 4.69) is 24.4 Å². The lowest BCUT2D eigenvalue weighted by Gasteiger charge is -2.08. The van der Waals surface area contributed by atoms with Crippen LogP contribution in [-0.2, 0) is 19.1 Å². The van der Waals surface area contributed by atoms with E-state index in [4.69, 9.17) is 4.74 Å². The second-order valence-electron chi connectivity index (χ2n) is 5.98. The van der Waals surface area contributed by atoms with Crippen molar-refractivity contribution in [3.63, 3.8) is 0 Å². The summed E-state index contributed by atoms with van der Waals surface area (Å²) in [6.45, 7) is 2.47. The van der Waals surface area contributed by atoms with Gasteiger partial charge in [-0.25, -0.2) is 4.79 Å². The molecule has 1 saturated heterocycles. The molecule has 1 fully saturated rings. The minimum Gasteiger partial charge on any atom is -0.464 e. The largest absolute Gasteiger partial charge is 0.464 e. The van der Waals surface area contributed by atoms with E-state index in [1.165, 1.54) is 12.8 Å². The molecule has 1 amide bonds. The Morgan fingerprint density at radius 3 is 2.61 bits per heavy atom. The van der Waals surface area contributed by atoms with Crippen LogP contribution in [0, 0.1) is 0 Å². The van der Waals surface area contributed by atoms with Gasteiger partial charge in [-0.3, -0.25) is 9.59 Å². The van der Waals surface area contributed by atoms with E-state index in [1.54, 1.807) is 0 Å². The van der Waals surface area contributed by atoms with Crippen molar-refractivity contribution < 1.29 is 19.1 Å². The zero-order chi connectivity index (χ0) is 16.9. The number of ether oxygens (including phenoxy) is 1. The smallest absolute Gasteiger partial charge is 0.328 e. The number of allylic oxidation sites excluding steroid dienone is 2. The maximum Gasteiger partial charge on any atom is 0.328 e. The van der Waals surface area contributed by atoms with Gasteiger partial charge in [0.15, 0.2) is 0 Å². The summed E-state index contributed by atoms with van der Waals surface area (Å²) in [5, 5.41) is 2.55. The molecule has 0 aromatic carbocycles. The van der Waals surface area contributed by atoms with Crippen LogP contribution in [0.2, 0.25) is 0 Å². The molecule has 5 nitrogen and oxygen atoms in total. The minimum atomic E-state index is -0.572. The van der Waals surface area contributed by atoms with E-state index >= 15 is 0 Å². The van der Waals surface area contributed by atoms with Crippen molar-refractivity contribution in [2.75, 3.05) is 6.61 Å². The van der Waals surface area contributed by atoms with E-state index in [0.717, 1.165) is 32.1 Å². The third-order valence-corrected chi connectivity index (χ3v) is 3.86. The van der Waals surface area contributed by atoms with Crippen LogP contribution in [0.4, 0.5) is 0 Å². The number of hydrogen-bond donors (Lipinski definition) is 1. The fourth-order valence-corrected chi connectivity index (χ4v) is 2.54. The first kappa shape index (κ1) is 19.4. The highest BCUT2D eigenvalue weighted by atomic mass is 16.5. The van der Waals surface area contributed by atoms with Gasteiger partial charge in [-0.1, -0.05) is 38.3 Å². The summed E-state index contributed by atoms with van der Waals surface area (Å²) >= 11 is 0. The van der Waals surface area contributed by atoms with Crippen LogP contribution in [-0.4, -0.2) is 30.3 Å². The Hall–Kier alpha value is -1.65. The maximum absolute atomic E-state index is 11.7. The van der Waals surface area contributed by atoms with Gasteiger partial charge in [0.05, 0.1) is 13.0 Å². The molecule has 0 aromatic heterocycles. The standard InChI is InChI=1S/C18H29NO4/c1-2-3-4-5-6-7-8-9-10-11-15(20)14-17(21)19-16-12-13-23-18(16)22/h3-4,16H,2,5-14H2,1H3,(H,19,21)/t16-/m0/s1. The van der Waals surface area contributed by atoms with Crippen LogP contribution in [0.5, 0.6) is 0 Å². The highest BCUT2D eigenvalue weighted by molar-refractivity contribution is 5.99. The van der Waals surface area contributed by atoms with Gasteiger partial charge in [0.25, 0.3) is 0 Å². The summed E-state index contributed by atoms with van der Waals surface area (Å²) in [4.78, 5) is 34.6. The first-order chi connectivity index (χ1) is 11.1. The predicted octanol–water partition coefficient (Wildman–Crippen LogP) is 3.07. The second-order valence-corrected chi connectivity index (χ2v) is 5.98.